The number of rotatable bonds is 15. The molecule has 1 unspecified atom stereocenters. The van der Waals surface area contributed by atoms with Gasteiger partial charge in [0.15, 0.2) is 5.78 Å². The minimum Gasteiger partial charge on any atom is -0.507 e. The number of carbonyl (C=O) groups excluding carboxylic acids is 6. The summed E-state index contributed by atoms with van der Waals surface area (Å²) in [7, 11) is 0. The molecule has 2 aromatic carbocycles. The van der Waals surface area contributed by atoms with Crippen LogP contribution in [0.1, 0.15) is 145 Å². The second-order valence-electron chi connectivity index (χ2n) is 23.3. The molecule has 18 heteroatoms. The number of unbranched alkanes of at least 4 members (excludes halogenated alkanes) is 1. The van der Waals surface area contributed by atoms with Gasteiger partial charge in [-0.1, -0.05) is 66.7 Å². The summed E-state index contributed by atoms with van der Waals surface area (Å²) >= 11 is 0. The highest BCUT2D eigenvalue weighted by Crippen LogP contribution is 2.53. The molecule has 18 nitrogen and oxygen atoms in total. The number of benzene rings is 2. The zero-order valence-electron chi connectivity index (χ0n) is 48.2. The van der Waals surface area contributed by atoms with E-state index in [4.69, 9.17) is 23.9 Å². The van der Waals surface area contributed by atoms with Gasteiger partial charge in [-0.3, -0.25) is 29.1 Å². The fourth-order valence-electron chi connectivity index (χ4n) is 11.9. The average Bonchev–Trinajstić information content (AvgIpc) is 3.41. The molecule has 1 aliphatic carbocycles. The maximum absolute atomic E-state index is 15.2. The molecule has 1 saturated heterocycles. The molecule has 0 radical (unpaired) electrons. The lowest BCUT2D eigenvalue weighted by molar-refractivity contribution is -0.158. The van der Waals surface area contributed by atoms with Gasteiger partial charge in [-0.05, 0) is 94.0 Å². The number of carbonyl (C=O) groups is 6. The number of nitrogens with one attached hydrogen (secondary N) is 1. The molecular formula is C62H82N4O14. The number of aliphatic imine (C=N–C) groups is 1. The highest BCUT2D eigenvalue weighted by atomic mass is 16.7. The van der Waals surface area contributed by atoms with Gasteiger partial charge in [-0.25, -0.2) is 0 Å². The molecule has 0 aromatic heterocycles. The molecule has 2 aromatic rings. The number of hydrogen-bond donors (Lipinski definition) is 5. The Hall–Kier alpha value is -6.47. The molecule has 1 amide bonds. The number of aliphatic hydroxyl groups is 3. The number of hydrogen-bond acceptors (Lipinski definition) is 17. The number of phenolic OH excluding ortho intramolecular Hbond substituents is 1. The minimum absolute atomic E-state index is 0.00504. The third-order valence-corrected chi connectivity index (χ3v) is 17.0. The summed E-state index contributed by atoms with van der Waals surface area (Å²) in [5.41, 5.74) is 0.0523. The molecule has 10 atom stereocenters. The van der Waals surface area contributed by atoms with Crippen molar-refractivity contribution in [3.05, 3.63) is 93.9 Å². The van der Waals surface area contributed by atoms with E-state index in [1.54, 1.807) is 83.2 Å². The third kappa shape index (κ3) is 12.7. The molecule has 6 aliphatic rings. The van der Waals surface area contributed by atoms with Gasteiger partial charge in [-0.15, -0.1) is 0 Å². The number of nitrogens with zero attached hydrogens (tertiary/aromatic N) is 3. The third-order valence-electron chi connectivity index (χ3n) is 17.0. The lowest BCUT2D eigenvalue weighted by atomic mass is 9.77. The number of aldehydes is 2. The molecule has 0 saturated carbocycles. The predicted molar refractivity (Wildman–Crippen MR) is 301 cm³/mol. The van der Waals surface area contributed by atoms with Crippen LogP contribution in [0.25, 0.3) is 5.76 Å². The first-order chi connectivity index (χ1) is 37.9. The smallest absolute Gasteiger partial charge is 0.312 e. The second-order valence-corrected chi connectivity index (χ2v) is 23.3. The normalized spacial score (nSPS) is 29.7. The number of likely N-dealkylation sites (tertiary alicyclic amines) is 1. The van der Waals surface area contributed by atoms with Crippen LogP contribution in [0.4, 0.5) is 0 Å². The van der Waals surface area contributed by atoms with E-state index < -0.39 is 94.6 Å². The van der Waals surface area contributed by atoms with Crippen LogP contribution < -0.4 is 14.8 Å². The van der Waals surface area contributed by atoms with Crippen molar-refractivity contribution >= 4 is 47.5 Å². The molecule has 80 heavy (non-hydrogen) atoms. The quantitative estimate of drug-likeness (QED) is 0.0373. The van der Waals surface area contributed by atoms with Gasteiger partial charge < -0.3 is 59.2 Å². The Kier molecular flexibility index (Phi) is 19.5. The van der Waals surface area contributed by atoms with E-state index in [9.17, 15) is 44.4 Å². The molecule has 8 rings (SSSR count). The number of Topliss-reactive ketones (excluding diaryl/α,β-unsaturated/α-hetero) is 2. The largest absolute Gasteiger partial charge is 0.507 e. The van der Waals surface area contributed by atoms with Crippen LogP contribution in [0.3, 0.4) is 0 Å². The van der Waals surface area contributed by atoms with E-state index in [0.29, 0.717) is 87.3 Å². The maximum atomic E-state index is 15.2. The summed E-state index contributed by atoms with van der Waals surface area (Å²) in [5.74, 6) is -7.14. The van der Waals surface area contributed by atoms with Gasteiger partial charge in [-0.2, -0.15) is 0 Å². The number of fused-ring (bicyclic) bond motifs is 13. The first-order valence-corrected chi connectivity index (χ1v) is 28.2. The fourth-order valence-corrected chi connectivity index (χ4v) is 11.9. The van der Waals surface area contributed by atoms with Gasteiger partial charge in [0.05, 0.1) is 59.6 Å². The first kappa shape index (κ1) is 61.2. The summed E-state index contributed by atoms with van der Waals surface area (Å²) in [6, 6.07) is 5.74. The molecular weight excluding hydrogens is 1020 g/mol. The molecule has 5 bridgehead atoms. The van der Waals surface area contributed by atoms with Gasteiger partial charge in [0.25, 0.3) is 11.7 Å². The minimum atomic E-state index is -1.99. The van der Waals surface area contributed by atoms with Crippen LogP contribution >= 0.6 is 0 Å². The van der Waals surface area contributed by atoms with Crippen LogP contribution in [-0.4, -0.2) is 141 Å². The Morgan fingerprint density at radius 1 is 0.900 bits per heavy atom. The van der Waals surface area contributed by atoms with Crippen LogP contribution in [0.15, 0.2) is 71.1 Å². The number of esters is 1. The van der Waals surface area contributed by atoms with Crippen LogP contribution in [0.2, 0.25) is 0 Å². The zero-order valence-corrected chi connectivity index (χ0v) is 48.2. The van der Waals surface area contributed by atoms with E-state index in [1.807, 2.05) is 18.7 Å². The van der Waals surface area contributed by atoms with Gasteiger partial charge in [0.1, 0.15) is 47.3 Å². The van der Waals surface area contributed by atoms with Crippen molar-refractivity contribution in [2.75, 3.05) is 32.8 Å². The topological polar surface area (TPSA) is 251 Å². The van der Waals surface area contributed by atoms with Crippen molar-refractivity contribution in [1.82, 2.24) is 15.1 Å². The maximum Gasteiger partial charge on any atom is 0.312 e. The number of ketones is 2. The van der Waals surface area contributed by atoms with E-state index >= 15 is 4.79 Å². The van der Waals surface area contributed by atoms with Crippen LogP contribution in [0.5, 0.6) is 17.2 Å². The number of phenols is 1. The van der Waals surface area contributed by atoms with Gasteiger partial charge >= 0.3 is 11.8 Å². The lowest BCUT2D eigenvalue weighted by Gasteiger charge is -2.45. The van der Waals surface area contributed by atoms with Gasteiger partial charge in [0, 0.05) is 86.5 Å². The molecule has 434 valence electrons. The standard InChI is InChI=1S/C62H82N4O14/c1-34(2)31-65-27-24-62(25-28-65)64-50-47-48-55(73)41(9)58-49(47)59(75)61(11,80-58)78-30-23-35(3)38(6)57(79-42(10)69)40(8)54(72)39(7)53(71)36(4)15-14-16-37(5)60(76)63-51(56(48)74)52(50)66(62)26-22-46(70)44-18-20-45(21-19-44)77-29-13-12-17-43(32-67)33-68/h14-16,18-21,23,30,32-36,38-40,43,52-54,57,71-74H,12-13,17,22,24-29,31H2,1-11H3,(H,63,76)/b15-14+,30-23+,37-16-/t35-,36-,38+,39+,40+,52?,53-,54+,57+,61-/m0/s1. The van der Waals surface area contributed by atoms with E-state index in [0.717, 1.165) is 6.54 Å². The van der Waals surface area contributed by atoms with Crippen LogP contribution in [-0.2, 0) is 28.7 Å². The Bertz CT molecular complexity index is 2820. The van der Waals surface area contributed by atoms with Crippen molar-refractivity contribution in [3.8, 4) is 17.2 Å². The zero-order chi connectivity index (χ0) is 58.5. The number of allylic oxidation sites excluding steroid dienone is 3. The summed E-state index contributed by atoms with van der Waals surface area (Å²) in [6.07, 6.45) is 8.94. The Morgan fingerprint density at radius 3 is 2.21 bits per heavy atom. The van der Waals surface area contributed by atoms with Crippen molar-refractivity contribution in [1.29, 1.82) is 0 Å². The molecule has 5 heterocycles. The van der Waals surface area contributed by atoms with Crippen molar-refractivity contribution in [2.24, 2.45) is 46.4 Å². The number of ether oxygens (including phenoxy) is 4. The Labute approximate surface area is 470 Å². The number of piperidine rings is 1. The summed E-state index contributed by atoms with van der Waals surface area (Å²) < 4.78 is 24.5. The van der Waals surface area contributed by atoms with E-state index in [-0.39, 0.29) is 63.9 Å². The Morgan fingerprint density at radius 2 is 1.57 bits per heavy atom. The summed E-state index contributed by atoms with van der Waals surface area (Å²) in [6.45, 7) is 21.8. The van der Waals surface area contributed by atoms with Crippen molar-refractivity contribution < 1.29 is 68.1 Å². The van der Waals surface area contributed by atoms with Crippen molar-refractivity contribution in [3.63, 3.8) is 0 Å². The van der Waals surface area contributed by atoms with Crippen molar-refractivity contribution in [2.45, 2.75) is 150 Å². The lowest BCUT2D eigenvalue weighted by Crippen LogP contribution is -2.57. The number of amides is 1. The first-order valence-electron chi connectivity index (χ1n) is 28.2. The molecule has 5 N–H and O–H groups in total. The second kappa shape index (κ2) is 25.5. The highest BCUT2D eigenvalue weighted by molar-refractivity contribution is 6.23. The SMILES string of the molecule is CC(=O)O[C@H]1[C@H](C)[C@H](O)[C@H](C)[C@@H](O)[C@@H](C)/C=C/C=C(/C)C(=O)NC2=C(O)c3c(O)c(C)c4c(c3C3=NC5(CCN(CC(C)C)CC5)N(CCC(=O)c5ccc(OCCCCC(C=O)C=O)cc5)C32)C(=O)[C@@](C)(O/C=C/[C@H](C)[C@H]1C)O4. The average molecular weight is 1110 g/mol. The number of aliphatic hydroxyl groups excluding tert-OH is 3. The monoisotopic (exact) mass is 1110 g/mol. The molecule has 1 fully saturated rings. The summed E-state index contributed by atoms with van der Waals surface area (Å²) in [4.78, 5) is 88.7. The summed E-state index contributed by atoms with van der Waals surface area (Å²) in [5, 5.41) is 51.3. The Balaban J connectivity index is 1.31. The van der Waals surface area contributed by atoms with Gasteiger partial charge in [0.2, 0.25) is 0 Å². The number of aromatic hydroxyl groups is 1. The molecule has 5 aliphatic heterocycles. The molecule has 1 spiro atoms. The van der Waals surface area contributed by atoms with E-state index in [2.05, 4.69) is 24.1 Å². The fraction of sp³-hybridized carbons (Fsp3) is 0.565. The van der Waals surface area contributed by atoms with E-state index in [1.165, 1.54) is 20.1 Å². The highest BCUT2D eigenvalue weighted by Gasteiger charge is 2.58. The predicted octanol–water partition coefficient (Wildman–Crippen LogP) is 7.99. The van der Waals surface area contributed by atoms with Crippen LogP contribution in [0, 0.1) is 48.3 Å².